The maximum Gasteiger partial charge on any atom is 0.325 e. The van der Waals surface area contributed by atoms with Crippen LogP contribution in [-0.2, 0) is 36.4 Å². The second kappa shape index (κ2) is 7.62. The highest BCUT2D eigenvalue weighted by molar-refractivity contribution is 6.30. The molecule has 0 aliphatic carbocycles. The number of nitrogens with zero attached hydrogens (tertiary/aromatic N) is 2. The first-order chi connectivity index (χ1) is 13.8. The molecule has 1 saturated heterocycles. The average molecular weight is 420 g/mol. The molecule has 152 valence electrons. The van der Waals surface area contributed by atoms with Crippen LogP contribution in [0.25, 0.3) is 0 Å². The molecule has 2 aliphatic heterocycles. The second-order valence-corrected chi connectivity index (χ2v) is 7.11. The van der Waals surface area contributed by atoms with Crippen LogP contribution in [0.4, 0.5) is 11.4 Å². The number of carbonyl (C=O) groups excluding carboxylic acids is 1. The van der Waals surface area contributed by atoms with Crippen LogP contribution < -0.4 is 10.4 Å². The van der Waals surface area contributed by atoms with Gasteiger partial charge in [-0.05, 0) is 35.9 Å². The topological polar surface area (TPSA) is 101 Å². The number of rotatable bonds is 5. The van der Waals surface area contributed by atoms with E-state index in [9.17, 15) is 9.59 Å². The Labute approximate surface area is 171 Å². The van der Waals surface area contributed by atoms with Gasteiger partial charge in [-0.25, -0.2) is 14.7 Å². The lowest BCUT2D eigenvalue weighted by atomic mass is 10.1. The molecule has 1 atom stereocenters. The van der Waals surface area contributed by atoms with E-state index in [1.54, 1.807) is 30.3 Å². The van der Waals surface area contributed by atoms with Gasteiger partial charge in [0.05, 0.1) is 12.2 Å². The zero-order valence-electron chi connectivity index (χ0n) is 15.4. The fourth-order valence-electron chi connectivity index (χ4n) is 3.22. The minimum atomic E-state index is -1.31. The van der Waals surface area contributed by atoms with Gasteiger partial charge in [-0.3, -0.25) is 14.4 Å². The van der Waals surface area contributed by atoms with Crippen molar-refractivity contribution in [3.8, 4) is 0 Å². The number of fused-ring (bicyclic) bond motifs is 2. The van der Waals surface area contributed by atoms with Crippen molar-refractivity contribution >= 4 is 34.9 Å². The fourth-order valence-corrected chi connectivity index (χ4v) is 3.39. The molecule has 2 aromatic carbocycles. The SMILES string of the molecule is CC(=O)Nc1ccc(CN2OCC3(O2)ON(CC(=O)O)c2ccc(Cl)cc23)cc1. The van der Waals surface area contributed by atoms with Crippen LogP contribution in [0, 0.1) is 0 Å². The number of amides is 1. The maximum absolute atomic E-state index is 11.2. The third-order valence-corrected chi connectivity index (χ3v) is 4.64. The number of hydroxylamine groups is 3. The Bertz CT molecular complexity index is 953. The molecule has 0 radical (unpaired) electrons. The number of hydrogen-bond donors (Lipinski definition) is 2. The van der Waals surface area contributed by atoms with Crippen molar-refractivity contribution < 1.29 is 29.2 Å². The van der Waals surface area contributed by atoms with Crippen LogP contribution in [-0.4, -0.2) is 35.4 Å². The minimum Gasteiger partial charge on any atom is -0.480 e. The predicted molar refractivity (Wildman–Crippen MR) is 103 cm³/mol. The molecule has 1 fully saturated rings. The van der Waals surface area contributed by atoms with E-state index < -0.39 is 11.8 Å². The van der Waals surface area contributed by atoms with Gasteiger partial charge in [0.25, 0.3) is 5.79 Å². The zero-order chi connectivity index (χ0) is 20.6. The highest BCUT2D eigenvalue weighted by Crippen LogP contribution is 2.47. The summed E-state index contributed by atoms with van der Waals surface area (Å²) in [6.45, 7) is 1.41. The Morgan fingerprint density at radius 3 is 2.66 bits per heavy atom. The summed E-state index contributed by atoms with van der Waals surface area (Å²) >= 11 is 6.13. The first-order valence-corrected chi connectivity index (χ1v) is 9.17. The van der Waals surface area contributed by atoms with E-state index in [1.807, 2.05) is 12.1 Å². The lowest BCUT2D eigenvalue weighted by Gasteiger charge is -2.22. The van der Waals surface area contributed by atoms with Crippen molar-refractivity contribution in [3.63, 3.8) is 0 Å². The minimum absolute atomic E-state index is 0.0282. The summed E-state index contributed by atoms with van der Waals surface area (Å²) in [7, 11) is 0. The number of halogens is 1. The van der Waals surface area contributed by atoms with Crippen LogP contribution in [0.2, 0.25) is 5.02 Å². The van der Waals surface area contributed by atoms with E-state index in [0.29, 0.717) is 28.5 Å². The molecule has 9 nitrogen and oxygen atoms in total. The van der Waals surface area contributed by atoms with Gasteiger partial charge in [-0.2, -0.15) is 0 Å². The standard InChI is InChI=1S/C19H18ClN3O6/c1-12(24)21-15-5-2-13(3-6-15)9-23-27-11-19(29-23)16-8-14(20)4-7-17(16)22(28-19)10-18(25)26/h2-8H,9-11H2,1H3,(H,21,24)(H,25,26). The molecule has 2 aliphatic rings. The van der Waals surface area contributed by atoms with Crippen LogP contribution in [0.1, 0.15) is 18.1 Å². The summed E-state index contributed by atoms with van der Waals surface area (Å²) in [6.07, 6.45) is 0. The predicted octanol–water partition coefficient (Wildman–Crippen LogP) is 2.67. The Hall–Kier alpha value is -2.69. The number of carboxylic acid groups (broad SMARTS) is 1. The molecular weight excluding hydrogens is 402 g/mol. The van der Waals surface area contributed by atoms with Crippen LogP contribution >= 0.6 is 11.6 Å². The molecule has 2 N–H and O–H groups in total. The molecule has 10 heteroatoms. The van der Waals surface area contributed by atoms with Crippen molar-refractivity contribution in [2.24, 2.45) is 0 Å². The fraction of sp³-hybridized carbons (Fsp3) is 0.263. The van der Waals surface area contributed by atoms with Gasteiger partial charge < -0.3 is 10.4 Å². The van der Waals surface area contributed by atoms with Crippen molar-refractivity contribution in [1.29, 1.82) is 0 Å². The van der Waals surface area contributed by atoms with Gasteiger partial charge in [0.2, 0.25) is 5.91 Å². The highest BCUT2D eigenvalue weighted by atomic mass is 35.5. The molecular formula is C19H18ClN3O6. The van der Waals surface area contributed by atoms with E-state index in [1.165, 1.54) is 17.2 Å². The molecule has 2 aromatic rings. The molecule has 1 unspecified atom stereocenters. The number of anilines is 2. The molecule has 0 saturated carbocycles. The maximum atomic E-state index is 11.2. The van der Waals surface area contributed by atoms with Crippen LogP contribution in [0.3, 0.4) is 0 Å². The smallest absolute Gasteiger partial charge is 0.325 e. The van der Waals surface area contributed by atoms with Crippen LogP contribution in [0.15, 0.2) is 42.5 Å². The lowest BCUT2D eigenvalue weighted by molar-refractivity contribution is -0.367. The van der Waals surface area contributed by atoms with Gasteiger partial charge in [0.1, 0.15) is 13.2 Å². The first kappa shape index (κ1) is 19.6. The quantitative estimate of drug-likeness (QED) is 0.763. The van der Waals surface area contributed by atoms with Gasteiger partial charge in [0, 0.05) is 23.2 Å². The normalized spacial score (nSPS) is 20.8. The molecule has 2 heterocycles. The number of aliphatic carboxylic acids is 1. The monoisotopic (exact) mass is 419 g/mol. The van der Waals surface area contributed by atoms with Gasteiger partial charge in [0.15, 0.2) is 0 Å². The molecule has 0 bridgehead atoms. The number of nitrogens with one attached hydrogen (secondary N) is 1. The zero-order valence-corrected chi connectivity index (χ0v) is 16.2. The largest absolute Gasteiger partial charge is 0.480 e. The lowest BCUT2D eigenvalue weighted by Crippen LogP contribution is -2.36. The van der Waals surface area contributed by atoms with E-state index in [0.717, 1.165) is 5.56 Å². The van der Waals surface area contributed by atoms with E-state index in [-0.39, 0.29) is 19.1 Å². The Balaban J connectivity index is 1.50. The summed E-state index contributed by atoms with van der Waals surface area (Å²) in [4.78, 5) is 39.7. The molecule has 1 spiro atoms. The van der Waals surface area contributed by atoms with E-state index in [2.05, 4.69) is 5.32 Å². The third-order valence-electron chi connectivity index (χ3n) is 4.41. The van der Waals surface area contributed by atoms with Gasteiger partial charge in [-0.1, -0.05) is 29.0 Å². The van der Waals surface area contributed by atoms with Crippen LogP contribution in [0.5, 0.6) is 0 Å². The van der Waals surface area contributed by atoms with E-state index in [4.69, 9.17) is 31.2 Å². The summed E-state index contributed by atoms with van der Waals surface area (Å²) < 4.78 is 0. The molecule has 1 amide bonds. The highest BCUT2D eigenvalue weighted by Gasteiger charge is 2.53. The Morgan fingerprint density at radius 1 is 1.21 bits per heavy atom. The Kier molecular flexibility index (Phi) is 5.15. The van der Waals surface area contributed by atoms with Crippen molar-refractivity contribution in [1.82, 2.24) is 5.23 Å². The summed E-state index contributed by atoms with van der Waals surface area (Å²) in [6, 6.07) is 12.2. The Morgan fingerprint density at radius 2 is 1.97 bits per heavy atom. The van der Waals surface area contributed by atoms with Gasteiger partial charge >= 0.3 is 5.97 Å². The van der Waals surface area contributed by atoms with Crippen molar-refractivity contribution in [2.45, 2.75) is 19.3 Å². The molecule has 4 rings (SSSR count). The van der Waals surface area contributed by atoms with Crippen molar-refractivity contribution in [3.05, 3.63) is 58.6 Å². The first-order valence-electron chi connectivity index (χ1n) is 8.79. The number of hydrogen-bond acceptors (Lipinski definition) is 7. The second-order valence-electron chi connectivity index (χ2n) is 6.67. The summed E-state index contributed by atoms with van der Waals surface area (Å²) in [5.41, 5.74) is 2.72. The van der Waals surface area contributed by atoms with Crippen molar-refractivity contribution in [2.75, 3.05) is 23.5 Å². The third kappa shape index (κ3) is 4.04. The van der Waals surface area contributed by atoms with E-state index >= 15 is 0 Å². The average Bonchev–Trinajstić information content (AvgIpc) is 3.17. The van der Waals surface area contributed by atoms with Gasteiger partial charge in [-0.15, -0.1) is 0 Å². The molecule has 0 aromatic heterocycles. The summed E-state index contributed by atoms with van der Waals surface area (Å²) in [5, 5.41) is 14.9. The summed E-state index contributed by atoms with van der Waals surface area (Å²) in [5.74, 6) is -2.50. The number of carbonyl (C=O) groups is 2. The number of carboxylic acids is 1. The number of benzene rings is 2. The molecule has 29 heavy (non-hydrogen) atoms.